The van der Waals surface area contributed by atoms with Gasteiger partial charge in [-0.1, -0.05) is 230 Å². The Labute approximate surface area is 457 Å². The highest BCUT2D eigenvalue weighted by Crippen LogP contribution is 2.33. The number of rotatable bonds is 39. The average molecular weight is 1010 g/mol. The Morgan fingerprint density at radius 3 is 0.653 bits per heavy atom. The molecule has 0 saturated carbocycles. The van der Waals surface area contributed by atoms with Crippen molar-refractivity contribution in [3.05, 3.63) is 123 Å². The lowest BCUT2D eigenvalue weighted by atomic mass is 9.86. The summed E-state index contributed by atoms with van der Waals surface area (Å²) < 4.78 is 0. The third kappa shape index (κ3) is 21.6. The fourth-order valence-electron chi connectivity index (χ4n) is 10.1. The van der Waals surface area contributed by atoms with Crippen LogP contribution in [-0.4, -0.2) is 39.3 Å². The molecule has 0 bridgehead atoms. The van der Waals surface area contributed by atoms with Gasteiger partial charge in [0.05, 0.1) is 16.7 Å². The van der Waals surface area contributed by atoms with Crippen LogP contribution in [0.1, 0.15) is 246 Å². The molecule has 4 rings (SSSR count). The first-order chi connectivity index (χ1) is 36.9. The molecule has 0 aliphatic rings. The third-order valence-electron chi connectivity index (χ3n) is 14.7. The van der Waals surface area contributed by atoms with Gasteiger partial charge in [0, 0.05) is 73.0 Å². The van der Waals surface area contributed by atoms with Gasteiger partial charge >= 0.3 is 0 Å². The van der Waals surface area contributed by atoms with Crippen LogP contribution in [0.3, 0.4) is 0 Å². The molecule has 0 saturated heterocycles. The Kier molecular flexibility index (Phi) is 30.9. The Balaban J connectivity index is 1.78. The molecule has 0 aliphatic heterocycles. The van der Waals surface area contributed by atoms with Gasteiger partial charge in [-0.05, 0) is 91.6 Å². The van der Waals surface area contributed by atoms with Crippen molar-refractivity contribution < 1.29 is 0 Å². The maximum Gasteiger partial charge on any atom is 0.100 e. The largest absolute Gasteiger partial charge is 0.372 e. The van der Waals surface area contributed by atoms with Crippen LogP contribution in [0.25, 0.3) is 36.5 Å². The second-order valence-corrected chi connectivity index (χ2v) is 20.8. The van der Waals surface area contributed by atoms with E-state index in [9.17, 15) is 15.8 Å². The van der Waals surface area contributed by atoms with E-state index in [0.29, 0.717) is 33.4 Å². The normalized spacial score (nSPS) is 11.4. The molecular weight excluding hydrogens is 913 g/mol. The SMILES string of the molecule is CCCCCCN(CCCCCC)c1ccc(C=Cc2c(C#N)c(C=Cc3ccc(N(CCCCCC)CCCCCC)cc3)c(C#N)c(C=Cc3ccc(N(CCCCCC)CCCCCC)cc3)c2C#N)cc1. The van der Waals surface area contributed by atoms with E-state index in [1.165, 1.54) is 171 Å². The molecule has 0 N–H and O–H groups in total. The van der Waals surface area contributed by atoms with Crippen molar-refractivity contribution in [1.29, 1.82) is 15.8 Å². The van der Waals surface area contributed by atoms with Gasteiger partial charge in [0.25, 0.3) is 0 Å². The van der Waals surface area contributed by atoms with Gasteiger partial charge in [0.1, 0.15) is 18.2 Å². The van der Waals surface area contributed by atoms with E-state index in [1.54, 1.807) is 0 Å². The summed E-state index contributed by atoms with van der Waals surface area (Å²) >= 11 is 0. The van der Waals surface area contributed by atoms with Crippen molar-refractivity contribution in [2.45, 2.75) is 196 Å². The Bertz CT molecular complexity index is 2080. The maximum absolute atomic E-state index is 11.0. The monoisotopic (exact) mass is 1010 g/mol. The van der Waals surface area contributed by atoms with E-state index in [2.05, 4.69) is 147 Å². The molecule has 0 spiro atoms. The molecule has 0 radical (unpaired) electrons. The molecule has 4 aromatic carbocycles. The minimum atomic E-state index is 0.318. The molecule has 0 atom stereocenters. The van der Waals surface area contributed by atoms with Crippen LogP contribution < -0.4 is 14.7 Å². The van der Waals surface area contributed by atoms with Crippen molar-refractivity contribution in [3.63, 3.8) is 0 Å². The van der Waals surface area contributed by atoms with Gasteiger partial charge in [-0.25, -0.2) is 0 Å². The zero-order chi connectivity index (χ0) is 53.7. The summed E-state index contributed by atoms with van der Waals surface area (Å²) in [5, 5.41) is 33.0. The summed E-state index contributed by atoms with van der Waals surface area (Å²) in [6.07, 6.45) is 41.3. The van der Waals surface area contributed by atoms with Crippen LogP contribution >= 0.6 is 0 Å². The standard InChI is InChI=1S/C69H96N6/c1-7-13-19-25-49-73(50-26-20-14-8-2)61-40-31-58(32-41-61)37-46-64-67(55-70)65(47-38-59-33-42-62(43-34-59)74(51-27-21-15-9-3)52-28-22-16-10-4)69(57-72)66(68(64)56-71)48-39-60-35-44-63(45-36-60)75(53-29-23-17-11-5)54-30-24-18-12-6/h31-48H,7-30,49-54H2,1-6H3. The van der Waals surface area contributed by atoms with Crippen LogP contribution in [0.15, 0.2) is 72.8 Å². The minimum Gasteiger partial charge on any atom is -0.372 e. The van der Waals surface area contributed by atoms with Gasteiger partial charge in [0.15, 0.2) is 0 Å². The van der Waals surface area contributed by atoms with Crippen molar-refractivity contribution in [2.24, 2.45) is 0 Å². The Hall–Kier alpha value is -6.03. The van der Waals surface area contributed by atoms with Crippen LogP contribution in [0.2, 0.25) is 0 Å². The zero-order valence-electron chi connectivity index (χ0n) is 47.8. The first kappa shape index (κ1) is 61.5. The number of nitrogens with zero attached hydrogens (tertiary/aromatic N) is 6. The molecule has 402 valence electrons. The summed E-state index contributed by atoms with van der Waals surface area (Å²) in [6.45, 7) is 19.9. The lowest BCUT2D eigenvalue weighted by Gasteiger charge is -2.25. The van der Waals surface area contributed by atoms with Gasteiger partial charge in [-0.15, -0.1) is 0 Å². The highest BCUT2D eigenvalue weighted by Gasteiger charge is 2.21. The fourth-order valence-corrected chi connectivity index (χ4v) is 10.1. The van der Waals surface area contributed by atoms with E-state index in [1.807, 2.05) is 36.5 Å². The number of hydrogen-bond donors (Lipinski definition) is 0. The minimum absolute atomic E-state index is 0.318. The second-order valence-electron chi connectivity index (χ2n) is 20.8. The van der Waals surface area contributed by atoms with Crippen LogP contribution in [-0.2, 0) is 0 Å². The van der Waals surface area contributed by atoms with Crippen molar-refractivity contribution >= 4 is 53.5 Å². The average Bonchev–Trinajstić information content (AvgIpc) is 3.44. The summed E-state index contributed by atoms with van der Waals surface area (Å²) in [6, 6.07) is 33.5. The predicted octanol–water partition coefficient (Wildman–Crippen LogP) is 19.7. The van der Waals surface area contributed by atoms with Gasteiger partial charge in [-0.3, -0.25) is 0 Å². The topological polar surface area (TPSA) is 81.1 Å². The van der Waals surface area contributed by atoms with E-state index >= 15 is 0 Å². The number of unbranched alkanes of at least 4 members (excludes halogenated alkanes) is 18. The predicted molar refractivity (Wildman–Crippen MR) is 328 cm³/mol. The molecule has 0 aromatic heterocycles. The zero-order valence-corrected chi connectivity index (χ0v) is 47.8. The quantitative estimate of drug-likeness (QED) is 0.0327. The van der Waals surface area contributed by atoms with Crippen molar-refractivity contribution in [3.8, 4) is 18.2 Å². The van der Waals surface area contributed by atoms with E-state index in [0.717, 1.165) is 56.0 Å². The molecule has 6 nitrogen and oxygen atoms in total. The highest BCUT2D eigenvalue weighted by molar-refractivity contribution is 5.90. The van der Waals surface area contributed by atoms with Gasteiger partial charge in [0.2, 0.25) is 0 Å². The number of anilines is 3. The van der Waals surface area contributed by atoms with E-state index in [4.69, 9.17) is 0 Å². The first-order valence-electron chi connectivity index (χ1n) is 29.9. The molecular formula is C69H96N6. The van der Waals surface area contributed by atoms with Gasteiger partial charge in [-0.2, -0.15) is 15.8 Å². The second kappa shape index (κ2) is 37.7. The van der Waals surface area contributed by atoms with E-state index < -0.39 is 0 Å². The highest BCUT2D eigenvalue weighted by atomic mass is 15.1. The number of nitriles is 3. The van der Waals surface area contributed by atoms with Crippen LogP contribution in [0, 0.1) is 34.0 Å². The summed E-state index contributed by atoms with van der Waals surface area (Å²) in [4.78, 5) is 7.62. The summed E-state index contributed by atoms with van der Waals surface area (Å²) in [7, 11) is 0. The molecule has 75 heavy (non-hydrogen) atoms. The van der Waals surface area contributed by atoms with Crippen LogP contribution in [0.5, 0.6) is 0 Å². The molecule has 0 unspecified atom stereocenters. The maximum atomic E-state index is 11.0. The summed E-state index contributed by atoms with van der Waals surface area (Å²) in [5.41, 5.74) is 9.15. The first-order valence-corrected chi connectivity index (χ1v) is 29.9. The molecule has 0 fully saturated rings. The fraction of sp³-hybridized carbons (Fsp3) is 0.522. The third-order valence-corrected chi connectivity index (χ3v) is 14.7. The molecule has 6 heteroatoms. The van der Waals surface area contributed by atoms with Crippen molar-refractivity contribution in [1.82, 2.24) is 0 Å². The lowest BCUT2D eigenvalue weighted by molar-refractivity contribution is 0.609. The van der Waals surface area contributed by atoms with Gasteiger partial charge < -0.3 is 14.7 Å². The summed E-state index contributed by atoms with van der Waals surface area (Å²) in [5.74, 6) is 0. The lowest BCUT2D eigenvalue weighted by Crippen LogP contribution is -2.25. The Morgan fingerprint density at radius 1 is 0.280 bits per heavy atom. The van der Waals surface area contributed by atoms with Crippen LogP contribution in [0.4, 0.5) is 17.1 Å². The molecule has 0 aliphatic carbocycles. The smallest absolute Gasteiger partial charge is 0.100 e. The molecule has 4 aromatic rings. The number of benzene rings is 4. The number of hydrogen-bond acceptors (Lipinski definition) is 6. The Morgan fingerprint density at radius 2 is 0.480 bits per heavy atom. The molecule has 0 heterocycles. The molecule has 0 amide bonds. The van der Waals surface area contributed by atoms with E-state index in [-0.39, 0.29) is 0 Å². The van der Waals surface area contributed by atoms with Crippen molar-refractivity contribution in [2.75, 3.05) is 54.0 Å².